The standard InChI is InChI=1S/C33H45NO11/c1-16(35)45-33-21-18(13-31(39,28(43-6)26(33)37)27(21)44-29(38)17-10-8-7-9-11-17)32-20(41-4)12-19(36)30(15-40-3)14-34(2)25(32)22(33)23(42-5)24(30)32/h7-11,18-28,36-37,39H,12-15H2,1-6H3/t18-,19-,20+,21?,22+,23+,24-,25-,26+,27-,28+,30+,31-,32?,33-/m1/s1. The number of methoxy groups -OCH3 is 4. The summed E-state index contributed by atoms with van der Waals surface area (Å²) in [4.78, 5) is 29.1. The van der Waals surface area contributed by atoms with Crippen LogP contribution in [0.3, 0.4) is 0 Å². The van der Waals surface area contributed by atoms with Crippen molar-refractivity contribution in [3.05, 3.63) is 35.9 Å². The van der Waals surface area contributed by atoms with Gasteiger partial charge >= 0.3 is 11.9 Å². The van der Waals surface area contributed by atoms with Gasteiger partial charge in [0, 0.05) is 83.0 Å². The first kappa shape index (κ1) is 31.4. The lowest BCUT2D eigenvalue weighted by molar-refractivity contribution is -0.321. The fraction of sp³-hybridized carbons (Fsp3) is 0.758. The first-order chi connectivity index (χ1) is 21.4. The largest absolute Gasteiger partial charge is 0.455 e. The molecule has 6 aliphatic rings. The third-order valence-electron chi connectivity index (χ3n) is 12.9. The number of aliphatic hydroxyl groups is 3. The third kappa shape index (κ3) is 3.55. The molecule has 6 fully saturated rings. The van der Waals surface area contributed by atoms with E-state index < -0.39 is 88.3 Å². The van der Waals surface area contributed by atoms with Crippen molar-refractivity contribution >= 4 is 11.9 Å². The van der Waals surface area contributed by atoms with Crippen LogP contribution in [0, 0.1) is 34.5 Å². The lowest BCUT2D eigenvalue weighted by atomic mass is 9.42. The van der Waals surface area contributed by atoms with E-state index in [2.05, 4.69) is 4.90 Å². The van der Waals surface area contributed by atoms with E-state index in [-0.39, 0.29) is 25.0 Å². The number of likely N-dealkylation sites (tertiary alicyclic amines) is 1. The number of fused-ring (bicyclic) bond motifs is 2. The molecule has 5 aliphatic carbocycles. The van der Waals surface area contributed by atoms with E-state index in [0.717, 1.165) is 0 Å². The molecule has 3 N–H and O–H groups in total. The number of aliphatic hydroxyl groups excluding tert-OH is 2. The SMILES string of the molecule is COC[C@]12CN(C)[C@@H]3[C@@H]4[C@H](OC)[C@H]1C3([C@@H](OC)C[C@H]2O)[C@@H]1C[C@@]2(O)[C@H](OC(=O)c3ccccc3)C1[C@]4(OC(C)=O)[C@@H](O)[C@@H]2OC. The molecule has 7 rings (SSSR count). The summed E-state index contributed by atoms with van der Waals surface area (Å²) in [5, 5.41) is 37.0. The van der Waals surface area contributed by atoms with Gasteiger partial charge in [0.1, 0.15) is 23.9 Å². The van der Waals surface area contributed by atoms with Crippen molar-refractivity contribution in [2.75, 3.05) is 48.6 Å². The van der Waals surface area contributed by atoms with Crippen LogP contribution < -0.4 is 0 Å². The van der Waals surface area contributed by atoms with Crippen molar-refractivity contribution in [3.63, 3.8) is 0 Å². The molecule has 12 heteroatoms. The van der Waals surface area contributed by atoms with Crippen LogP contribution in [-0.2, 0) is 33.2 Å². The molecule has 1 aromatic rings. The summed E-state index contributed by atoms with van der Waals surface area (Å²) >= 11 is 0. The number of carbonyl (C=O) groups is 2. The molecule has 248 valence electrons. The number of hydrogen-bond donors (Lipinski definition) is 3. The second-order valence-corrected chi connectivity index (χ2v) is 14.3. The average molecular weight is 632 g/mol. The molecular formula is C33H45NO11. The molecule has 15 atom stereocenters. The predicted octanol–water partition coefficient (Wildman–Crippen LogP) is 0.258. The monoisotopic (exact) mass is 631 g/mol. The zero-order valence-corrected chi connectivity index (χ0v) is 26.6. The van der Waals surface area contributed by atoms with Gasteiger partial charge < -0.3 is 48.6 Å². The van der Waals surface area contributed by atoms with Crippen molar-refractivity contribution in [3.8, 4) is 0 Å². The molecule has 5 saturated carbocycles. The molecule has 1 spiro atoms. The van der Waals surface area contributed by atoms with Crippen molar-refractivity contribution in [2.24, 2.45) is 34.5 Å². The zero-order valence-electron chi connectivity index (χ0n) is 26.6. The predicted molar refractivity (Wildman–Crippen MR) is 156 cm³/mol. The molecule has 45 heavy (non-hydrogen) atoms. The summed E-state index contributed by atoms with van der Waals surface area (Å²) in [6, 6.07) is 8.15. The molecule has 0 radical (unpaired) electrons. The van der Waals surface area contributed by atoms with Gasteiger partial charge in [-0.05, 0) is 31.5 Å². The molecular weight excluding hydrogens is 586 g/mol. The first-order valence-corrected chi connectivity index (χ1v) is 15.8. The maximum atomic E-state index is 13.7. The van der Waals surface area contributed by atoms with Gasteiger partial charge in [-0.2, -0.15) is 0 Å². The van der Waals surface area contributed by atoms with Crippen LogP contribution in [0.4, 0.5) is 0 Å². The van der Waals surface area contributed by atoms with Crippen LogP contribution >= 0.6 is 0 Å². The average Bonchev–Trinajstić information content (AvgIpc) is 3.40. The summed E-state index contributed by atoms with van der Waals surface area (Å²) in [6.07, 6.45) is -5.50. The fourth-order valence-electron chi connectivity index (χ4n) is 12.2. The van der Waals surface area contributed by atoms with E-state index in [0.29, 0.717) is 18.5 Å². The van der Waals surface area contributed by atoms with Gasteiger partial charge in [0.15, 0.2) is 5.60 Å². The summed E-state index contributed by atoms with van der Waals surface area (Å²) < 4.78 is 37.2. The van der Waals surface area contributed by atoms with Gasteiger partial charge in [0.05, 0.1) is 30.5 Å². The van der Waals surface area contributed by atoms with E-state index in [1.807, 2.05) is 7.05 Å². The third-order valence-corrected chi connectivity index (χ3v) is 12.9. The second-order valence-electron chi connectivity index (χ2n) is 14.3. The van der Waals surface area contributed by atoms with Gasteiger partial charge in [-0.15, -0.1) is 0 Å². The molecule has 1 heterocycles. The first-order valence-electron chi connectivity index (χ1n) is 15.8. The molecule has 0 amide bonds. The number of hydrogen-bond acceptors (Lipinski definition) is 12. The topological polar surface area (TPSA) is 153 Å². The Hall–Kier alpha value is -2.16. The van der Waals surface area contributed by atoms with Crippen LogP contribution in [0.5, 0.6) is 0 Å². The molecule has 2 unspecified atom stereocenters. The number of piperidine rings is 1. The molecule has 7 bridgehead atoms. The van der Waals surface area contributed by atoms with Crippen molar-refractivity contribution < 1.29 is 53.3 Å². The van der Waals surface area contributed by atoms with Crippen LogP contribution in [0.25, 0.3) is 0 Å². The van der Waals surface area contributed by atoms with Crippen molar-refractivity contribution in [2.45, 2.75) is 73.6 Å². The maximum Gasteiger partial charge on any atom is 0.338 e. The highest BCUT2D eigenvalue weighted by Crippen LogP contribution is 2.80. The molecule has 1 aliphatic heterocycles. The Bertz CT molecular complexity index is 1350. The van der Waals surface area contributed by atoms with Gasteiger partial charge in [0.25, 0.3) is 0 Å². The van der Waals surface area contributed by atoms with Gasteiger partial charge in [-0.1, -0.05) is 18.2 Å². The smallest absolute Gasteiger partial charge is 0.338 e. The zero-order chi connectivity index (χ0) is 32.3. The number of carbonyl (C=O) groups excluding carboxylic acids is 2. The molecule has 1 aromatic carbocycles. The lowest BCUT2D eigenvalue weighted by Gasteiger charge is -2.70. The molecule has 1 saturated heterocycles. The van der Waals surface area contributed by atoms with Crippen LogP contribution in [-0.4, -0.2) is 135 Å². The number of benzene rings is 1. The number of nitrogens with zero attached hydrogens (tertiary/aromatic N) is 1. The Morgan fingerprint density at radius 1 is 1.00 bits per heavy atom. The Balaban J connectivity index is 1.52. The Morgan fingerprint density at radius 3 is 2.31 bits per heavy atom. The Kier molecular flexibility index (Phi) is 7.28. The number of ether oxygens (including phenoxy) is 6. The molecule has 0 aromatic heterocycles. The van der Waals surface area contributed by atoms with Gasteiger partial charge in [-0.3, -0.25) is 4.79 Å². The number of rotatable bonds is 8. The summed E-state index contributed by atoms with van der Waals surface area (Å²) in [5.41, 5.74) is -4.79. The highest BCUT2D eigenvalue weighted by molar-refractivity contribution is 5.89. The minimum Gasteiger partial charge on any atom is -0.455 e. The van der Waals surface area contributed by atoms with Crippen LogP contribution in [0.2, 0.25) is 0 Å². The van der Waals surface area contributed by atoms with Crippen LogP contribution in [0.15, 0.2) is 30.3 Å². The summed E-state index contributed by atoms with van der Waals surface area (Å²) in [5.74, 6) is -3.66. The van der Waals surface area contributed by atoms with Gasteiger partial charge in [0.2, 0.25) is 0 Å². The molecule has 12 nitrogen and oxygen atoms in total. The van der Waals surface area contributed by atoms with E-state index in [1.165, 1.54) is 14.0 Å². The van der Waals surface area contributed by atoms with E-state index in [1.54, 1.807) is 51.7 Å². The van der Waals surface area contributed by atoms with E-state index in [9.17, 15) is 24.9 Å². The highest BCUT2D eigenvalue weighted by atomic mass is 16.6. The normalized spacial score (nSPS) is 50.7. The highest BCUT2D eigenvalue weighted by Gasteiger charge is 2.92. The maximum absolute atomic E-state index is 13.7. The van der Waals surface area contributed by atoms with Crippen LogP contribution in [0.1, 0.15) is 30.1 Å². The summed E-state index contributed by atoms with van der Waals surface area (Å²) in [6.45, 7) is 2.00. The van der Waals surface area contributed by atoms with Gasteiger partial charge in [-0.25, -0.2) is 4.79 Å². The van der Waals surface area contributed by atoms with E-state index in [4.69, 9.17) is 28.4 Å². The second kappa shape index (κ2) is 10.4. The minimum atomic E-state index is -1.83. The van der Waals surface area contributed by atoms with Crippen molar-refractivity contribution in [1.82, 2.24) is 4.90 Å². The number of esters is 2. The fourth-order valence-corrected chi connectivity index (χ4v) is 12.2. The quantitative estimate of drug-likeness (QED) is 0.337. The Morgan fingerprint density at radius 2 is 1.71 bits per heavy atom. The van der Waals surface area contributed by atoms with Crippen molar-refractivity contribution in [1.29, 1.82) is 0 Å². The summed E-state index contributed by atoms with van der Waals surface area (Å²) in [7, 11) is 8.20. The lowest BCUT2D eigenvalue weighted by Crippen LogP contribution is -2.81. The minimum absolute atomic E-state index is 0.0754. The van der Waals surface area contributed by atoms with E-state index >= 15 is 0 Å². The Labute approximate surface area is 262 Å².